The van der Waals surface area contributed by atoms with Gasteiger partial charge < -0.3 is 5.32 Å². The van der Waals surface area contributed by atoms with Crippen LogP contribution >= 0.6 is 11.3 Å². The summed E-state index contributed by atoms with van der Waals surface area (Å²) in [6.45, 7) is 0. The van der Waals surface area contributed by atoms with Crippen molar-refractivity contribution in [3.63, 3.8) is 0 Å². The Hall–Kier alpha value is -3.19. The largest absolute Gasteiger partial charge is 0.319 e. The lowest BCUT2D eigenvalue weighted by Crippen LogP contribution is -2.13. The van der Waals surface area contributed by atoms with E-state index in [0.717, 1.165) is 21.5 Å². The molecule has 0 radical (unpaired) electrons. The molecule has 1 aromatic carbocycles. The Balaban J connectivity index is 1.75. The summed E-state index contributed by atoms with van der Waals surface area (Å²) in [5.74, 6) is -0.281. The molecule has 0 bridgehead atoms. The van der Waals surface area contributed by atoms with Crippen LogP contribution in [0.1, 0.15) is 10.5 Å². The number of aromatic nitrogens is 4. The van der Waals surface area contributed by atoms with Crippen LogP contribution in [0.4, 0.5) is 5.69 Å². The third-order valence-electron chi connectivity index (χ3n) is 3.46. The van der Waals surface area contributed by atoms with Crippen molar-refractivity contribution in [2.45, 2.75) is 0 Å². The van der Waals surface area contributed by atoms with E-state index in [2.05, 4.69) is 25.5 Å². The molecule has 0 fully saturated rings. The third kappa shape index (κ3) is 2.72. The van der Waals surface area contributed by atoms with Crippen LogP contribution in [-0.4, -0.2) is 26.1 Å². The van der Waals surface area contributed by atoms with Gasteiger partial charge in [-0.15, -0.1) is 10.2 Å². The maximum atomic E-state index is 12.4. The molecule has 0 aliphatic carbocycles. The van der Waals surface area contributed by atoms with Crippen molar-refractivity contribution >= 4 is 33.8 Å². The van der Waals surface area contributed by atoms with Crippen LogP contribution < -0.4 is 5.32 Å². The smallest absolute Gasteiger partial charge is 0.274 e. The quantitative estimate of drug-likeness (QED) is 0.621. The Morgan fingerprint density at radius 1 is 1.08 bits per heavy atom. The van der Waals surface area contributed by atoms with Gasteiger partial charge in [-0.3, -0.25) is 9.78 Å². The standard InChI is InChI=1S/C17H11N5OS/c23-16(20-12-4-2-8-18-9-12)14-7-6-11-3-1-5-13(15(11)21-14)17-22-19-10-24-17/h1-10H,(H,20,23). The van der Waals surface area contributed by atoms with Crippen molar-refractivity contribution in [2.24, 2.45) is 0 Å². The summed E-state index contributed by atoms with van der Waals surface area (Å²) < 4.78 is 0. The molecule has 1 amide bonds. The zero-order valence-corrected chi connectivity index (χ0v) is 13.2. The molecule has 0 saturated carbocycles. The number of fused-ring (bicyclic) bond motifs is 1. The van der Waals surface area contributed by atoms with Crippen LogP contribution in [0, 0.1) is 0 Å². The monoisotopic (exact) mass is 333 g/mol. The first-order chi connectivity index (χ1) is 11.8. The minimum Gasteiger partial charge on any atom is -0.319 e. The number of para-hydroxylation sites is 1. The van der Waals surface area contributed by atoms with Gasteiger partial charge in [-0.05, 0) is 24.3 Å². The fourth-order valence-corrected chi connectivity index (χ4v) is 2.95. The van der Waals surface area contributed by atoms with Crippen molar-refractivity contribution in [2.75, 3.05) is 5.32 Å². The number of amides is 1. The van der Waals surface area contributed by atoms with Gasteiger partial charge in [-0.1, -0.05) is 29.5 Å². The number of carbonyl (C=O) groups is 1. The number of anilines is 1. The number of carbonyl (C=O) groups excluding carboxylic acids is 1. The summed E-state index contributed by atoms with van der Waals surface area (Å²) in [6, 6.07) is 12.9. The molecule has 0 saturated heterocycles. The second-order valence-corrected chi connectivity index (χ2v) is 5.85. The van der Waals surface area contributed by atoms with E-state index in [1.54, 1.807) is 36.1 Å². The number of hydrogen-bond donors (Lipinski definition) is 1. The minimum absolute atomic E-state index is 0.281. The Kier molecular flexibility index (Phi) is 3.68. The zero-order chi connectivity index (χ0) is 16.4. The van der Waals surface area contributed by atoms with Crippen molar-refractivity contribution in [1.82, 2.24) is 20.2 Å². The maximum absolute atomic E-state index is 12.4. The lowest BCUT2D eigenvalue weighted by Gasteiger charge is -2.07. The molecule has 4 aromatic rings. The summed E-state index contributed by atoms with van der Waals surface area (Å²) in [7, 11) is 0. The van der Waals surface area contributed by atoms with Crippen molar-refractivity contribution < 1.29 is 4.79 Å². The van der Waals surface area contributed by atoms with Gasteiger partial charge in [0.25, 0.3) is 5.91 Å². The lowest BCUT2D eigenvalue weighted by molar-refractivity contribution is 0.102. The molecule has 0 aliphatic heterocycles. The fraction of sp³-hybridized carbons (Fsp3) is 0. The van der Waals surface area contributed by atoms with E-state index in [1.807, 2.05) is 24.3 Å². The Morgan fingerprint density at radius 3 is 2.83 bits per heavy atom. The molecular formula is C17H11N5OS. The van der Waals surface area contributed by atoms with Crippen LogP contribution in [-0.2, 0) is 0 Å². The van der Waals surface area contributed by atoms with Gasteiger partial charge in [-0.2, -0.15) is 0 Å². The average molecular weight is 333 g/mol. The summed E-state index contributed by atoms with van der Waals surface area (Å²) in [4.78, 5) is 20.9. The number of nitrogens with one attached hydrogen (secondary N) is 1. The summed E-state index contributed by atoms with van der Waals surface area (Å²) >= 11 is 1.44. The number of hydrogen-bond acceptors (Lipinski definition) is 6. The first-order valence-electron chi connectivity index (χ1n) is 7.19. The Morgan fingerprint density at radius 2 is 2.04 bits per heavy atom. The first-order valence-corrected chi connectivity index (χ1v) is 8.07. The van der Waals surface area contributed by atoms with E-state index in [-0.39, 0.29) is 5.91 Å². The Bertz CT molecular complexity index is 1000. The van der Waals surface area contributed by atoms with Crippen molar-refractivity contribution in [1.29, 1.82) is 0 Å². The molecule has 24 heavy (non-hydrogen) atoms. The molecule has 3 aromatic heterocycles. The van der Waals surface area contributed by atoms with E-state index in [1.165, 1.54) is 11.3 Å². The van der Waals surface area contributed by atoms with Gasteiger partial charge in [0.15, 0.2) is 0 Å². The summed E-state index contributed by atoms with van der Waals surface area (Å²) in [5, 5.41) is 12.5. The van der Waals surface area contributed by atoms with E-state index in [9.17, 15) is 4.79 Å². The maximum Gasteiger partial charge on any atom is 0.274 e. The van der Waals surface area contributed by atoms with Crippen molar-refractivity contribution in [3.05, 3.63) is 66.1 Å². The molecule has 0 atom stereocenters. The zero-order valence-electron chi connectivity index (χ0n) is 12.4. The van der Waals surface area contributed by atoms with Crippen LogP contribution in [0.2, 0.25) is 0 Å². The van der Waals surface area contributed by atoms with Crippen molar-refractivity contribution in [3.8, 4) is 10.6 Å². The second kappa shape index (κ2) is 6.13. The summed E-state index contributed by atoms with van der Waals surface area (Å²) in [6.07, 6.45) is 3.24. The van der Waals surface area contributed by atoms with Gasteiger partial charge in [-0.25, -0.2) is 4.98 Å². The highest BCUT2D eigenvalue weighted by Gasteiger charge is 2.12. The third-order valence-corrected chi connectivity index (χ3v) is 4.19. The van der Waals surface area contributed by atoms with E-state index >= 15 is 0 Å². The SMILES string of the molecule is O=C(Nc1cccnc1)c1ccc2cccc(-c3nncs3)c2n1. The van der Waals surface area contributed by atoms with Gasteiger partial charge in [0, 0.05) is 17.1 Å². The molecule has 3 heterocycles. The molecule has 0 aliphatic rings. The van der Waals surface area contributed by atoms with Gasteiger partial charge in [0.2, 0.25) is 0 Å². The number of benzene rings is 1. The van der Waals surface area contributed by atoms with E-state index in [0.29, 0.717) is 11.4 Å². The Labute approximate surface area is 141 Å². The number of rotatable bonds is 3. The molecule has 4 rings (SSSR count). The van der Waals surface area contributed by atoms with Gasteiger partial charge >= 0.3 is 0 Å². The number of pyridine rings is 2. The highest BCUT2D eigenvalue weighted by Crippen LogP contribution is 2.28. The topological polar surface area (TPSA) is 80.7 Å². The van der Waals surface area contributed by atoms with Gasteiger partial charge in [0.1, 0.15) is 16.2 Å². The highest BCUT2D eigenvalue weighted by molar-refractivity contribution is 7.12. The highest BCUT2D eigenvalue weighted by atomic mass is 32.1. The predicted molar refractivity (Wildman–Crippen MR) is 92.8 cm³/mol. The molecular weight excluding hydrogens is 322 g/mol. The molecule has 6 nitrogen and oxygen atoms in total. The lowest BCUT2D eigenvalue weighted by atomic mass is 10.1. The summed E-state index contributed by atoms with van der Waals surface area (Å²) in [5.41, 5.74) is 4.23. The average Bonchev–Trinajstić information content (AvgIpc) is 3.16. The molecule has 0 unspecified atom stereocenters. The molecule has 7 heteroatoms. The predicted octanol–water partition coefficient (Wildman–Crippen LogP) is 3.40. The molecule has 116 valence electrons. The van der Waals surface area contributed by atoms with Crippen LogP contribution in [0.3, 0.4) is 0 Å². The van der Waals surface area contributed by atoms with Gasteiger partial charge in [0.05, 0.1) is 17.4 Å². The van der Waals surface area contributed by atoms with E-state index < -0.39 is 0 Å². The first kappa shape index (κ1) is 14.4. The second-order valence-electron chi connectivity index (χ2n) is 5.01. The molecule has 1 N–H and O–H groups in total. The number of nitrogens with zero attached hydrogens (tertiary/aromatic N) is 4. The van der Waals surface area contributed by atoms with Crippen LogP contribution in [0.5, 0.6) is 0 Å². The van der Waals surface area contributed by atoms with E-state index in [4.69, 9.17) is 0 Å². The fourth-order valence-electron chi connectivity index (χ4n) is 2.37. The minimum atomic E-state index is -0.281. The normalized spacial score (nSPS) is 10.7. The molecule has 0 spiro atoms. The van der Waals surface area contributed by atoms with Crippen LogP contribution in [0.15, 0.2) is 60.4 Å². The van der Waals surface area contributed by atoms with Crippen LogP contribution in [0.25, 0.3) is 21.5 Å².